The Morgan fingerprint density at radius 3 is 2.53 bits per heavy atom. The Morgan fingerprint density at radius 2 is 1.94 bits per heavy atom. The van der Waals surface area contributed by atoms with E-state index >= 15 is 0 Å². The van der Waals surface area contributed by atoms with Gasteiger partial charge in [0.1, 0.15) is 8.07 Å². The monoisotopic (exact) mass is 246 g/mol. The van der Waals surface area contributed by atoms with E-state index in [-0.39, 0.29) is 5.97 Å². The summed E-state index contributed by atoms with van der Waals surface area (Å²) in [7, 11) is -1.43. The fourth-order valence-corrected chi connectivity index (χ4v) is 1.74. The van der Waals surface area contributed by atoms with Crippen molar-refractivity contribution in [3.63, 3.8) is 0 Å². The highest BCUT2D eigenvalue weighted by Crippen LogP contribution is 2.09. The van der Waals surface area contributed by atoms with Crippen molar-refractivity contribution in [2.24, 2.45) is 0 Å². The van der Waals surface area contributed by atoms with Crippen LogP contribution in [0, 0.1) is 11.5 Å². The molecule has 0 N–H and O–H groups in total. The van der Waals surface area contributed by atoms with Crippen LogP contribution >= 0.6 is 0 Å². The second kappa shape index (κ2) is 5.69. The second-order valence-electron chi connectivity index (χ2n) is 4.77. The van der Waals surface area contributed by atoms with Crippen molar-refractivity contribution in [3.05, 3.63) is 35.4 Å². The Bertz CT molecular complexity index is 461. The predicted octanol–water partition coefficient (Wildman–Crippen LogP) is 3.09. The number of benzene rings is 1. The van der Waals surface area contributed by atoms with Crippen molar-refractivity contribution in [2.75, 3.05) is 6.61 Å². The van der Waals surface area contributed by atoms with Gasteiger partial charge in [0.25, 0.3) is 0 Å². The number of hydrogen-bond donors (Lipinski definition) is 0. The van der Waals surface area contributed by atoms with Crippen molar-refractivity contribution in [2.45, 2.75) is 26.6 Å². The molecule has 2 nitrogen and oxygen atoms in total. The number of hydrogen-bond acceptors (Lipinski definition) is 2. The van der Waals surface area contributed by atoms with Crippen LogP contribution in [-0.4, -0.2) is 20.7 Å². The molecule has 90 valence electrons. The van der Waals surface area contributed by atoms with Gasteiger partial charge in [0.2, 0.25) is 0 Å². The van der Waals surface area contributed by atoms with Gasteiger partial charge in [-0.05, 0) is 19.1 Å². The molecule has 3 heteroatoms. The molecule has 1 aromatic rings. The summed E-state index contributed by atoms with van der Waals surface area (Å²) in [4.78, 5) is 11.7. The first-order valence-electron chi connectivity index (χ1n) is 5.73. The molecule has 1 aromatic carbocycles. The minimum atomic E-state index is -1.43. The lowest BCUT2D eigenvalue weighted by atomic mass is 10.1. The molecule has 0 unspecified atom stereocenters. The second-order valence-corrected chi connectivity index (χ2v) is 9.52. The van der Waals surface area contributed by atoms with Crippen molar-refractivity contribution in [1.82, 2.24) is 0 Å². The van der Waals surface area contributed by atoms with Gasteiger partial charge in [-0.25, -0.2) is 4.79 Å². The molecule has 0 bridgehead atoms. The standard InChI is InChI=1S/C14H18O2Si/c1-5-16-14(15)13-9-7-6-8-12(13)10-11-17(2,3)4/h6-9H,5H2,1-4H3. The van der Waals surface area contributed by atoms with Crippen molar-refractivity contribution in [1.29, 1.82) is 0 Å². The topological polar surface area (TPSA) is 26.3 Å². The van der Waals surface area contributed by atoms with Crippen LogP contribution < -0.4 is 0 Å². The fourth-order valence-electron chi connectivity index (χ4n) is 1.23. The minimum Gasteiger partial charge on any atom is -0.462 e. The van der Waals surface area contributed by atoms with E-state index in [1.165, 1.54) is 0 Å². The lowest BCUT2D eigenvalue weighted by Crippen LogP contribution is -2.16. The third-order valence-electron chi connectivity index (χ3n) is 1.99. The Morgan fingerprint density at radius 1 is 1.29 bits per heavy atom. The molecule has 0 aromatic heterocycles. The van der Waals surface area contributed by atoms with E-state index < -0.39 is 8.07 Å². The minimum absolute atomic E-state index is 0.298. The van der Waals surface area contributed by atoms with Crippen molar-refractivity contribution >= 4 is 14.0 Å². The van der Waals surface area contributed by atoms with E-state index in [9.17, 15) is 4.79 Å². The van der Waals surface area contributed by atoms with Crippen LogP contribution in [0.5, 0.6) is 0 Å². The quantitative estimate of drug-likeness (QED) is 0.455. The van der Waals surface area contributed by atoms with Crippen LogP contribution in [0.4, 0.5) is 0 Å². The van der Waals surface area contributed by atoms with Crippen LogP contribution in [0.3, 0.4) is 0 Å². The molecule has 0 aliphatic carbocycles. The highest BCUT2D eigenvalue weighted by molar-refractivity contribution is 6.83. The first kappa shape index (κ1) is 13.5. The molecular formula is C14H18O2Si. The summed E-state index contributed by atoms with van der Waals surface area (Å²) >= 11 is 0. The first-order valence-corrected chi connectivity index (χ1v) is 9.23. The van der Waals surface area contributed by atoms with Crippen LogP contribution in [0.15, 0.2) is 24.3 Å². The van der Waals surface area contributed by atoms with E-state index in [0.717, 1.165) is 5.56 Å². The SMILES string of the molecule is CCOC(=O)c1ccccc1C#C[Si](C)(C)C. The summed E-state index contributed by atoms with van der Waals surface area (Å²) in [6.45, 7) is 8.70. The molecule has 0 heterocycles. The summed E-state index contributed by atoms with van der Waals surface area (Å²) in [5.74, 6) is 2.81. The predicted molar refractivity (Wildman–Crippen MR) is 72.6 cm³/mol. The smallest absolute Gasteiger partial charge is 0.339 e. The number of esters is 1. The Balaban J connectivity index is 3.07. The van der Waals surface area contributed by atoms with E-state index in [1.54, 1.807) is 13.0 Å². The number of carbonyl (C=O) groups excluding carboxylic acids is 1. The van der Waals surface area contributed by atoms with Gasteiger partial charge in [0.15, 0.2) is 0 Å². The summed E-state index contributed by atoms with van der Waals surface area (Å²) in [5, 5.41) is 0. The Hall–Kier alpha value is -1.53. The molecule has 0 atom stereocenters. The third kappa shape index (κ3) is 4.45. The molecule has 0 aliphatic rings. The maximum absolute atomic E-state index is 11.7. The summed E-state index contributed by atoms with van der Waals surface area (Å²) in [6, 6.07) is 7.33. The maximum Gasteiger partial charge on any atom is 0.339 e. The molecule has 0 aliphatic heterocycles. The average Bonchev–Trinajstić information content (AvgIpc) is 2.26. The summed E-state index contributed by atoms with van der Waals surface area (Å²) in [6.07, 6.45) is 0. The van der Waals surface area contributed by atoms with Crippen molar-refractivity contribution < 1.29 is 9.53 Å². The van der Waals surface area contributed by atoms with E-state index in [4.69, 9.17) is 4.74 Å². The van der Waals surface area contributed by atoms with Crippen molar-refractivity contribution in [3.8, 4) is 11.5 Å². The Kier molecular flexibility index (Phi) is 4.53. The number of ether oxygens (including phenoxy) is 1. The zero-order valence-electron chi connectivity index (χ0n) is 10.8. The zero-order chi connectivity index (χ0) is 12.9. The van der Waals surface area contributed by atoms with Gasteiger partial charge in [0, 0.05) is 5.56 Å². The fraction of sp³-hybridized carbons (Fsp3) is 0.357. The molecule has 17 heavy (non-hydrogen) atoms. The van der Waals surface area contributed by atoms with Gasteiger partial charge in [-0.2, -0.15) is 0 Å². The first-order chi connectivity index (χ1) is 7.94. The normalized spacial score (nSPS) is 10.4. The largest absolute Gasteiger partial charge is 0.462 e. The van der Waals surface area contributed by atoms with E-state index in [1.807, 2.05) is 18.2 Å². The maximum atomic E-state index is 11.7. The zero-order valence-corrected chi connectivity index (χ0v) is 11.8. The molecule has 1 rings (SSSR count). The van der Waals surface area contributed by atoms with Gasteiger partial charge in [-0.15, -0.1) is 5.54 Å². The van der Waals surface area contributed by atoms with Gasteiger partial charge >= 0.3 is 5.97 Å². The molecule has 0 saturated carbocycles. The molecular weight excluding hydrogens is 228 g/mol. The number of rotatable bonds is 2. The van der Waals surface area contributed by atoms with Gasteiger partial charge in [-0.1, -0.05) is 37.7 Å². The molecule has 0 fully saturated rings. The van der Waals surface area contributed by atoms with Crippen LogP contribution in [0.25, 0.3) is 0 Å². The molecule has 0 radical (unpaired) electrons. The number of carbonyl (C=O) groups is 1. The van der Waals surface area contributed by atoms with Gasteiger partial charge in [-0.3, -0.25) is 0 Å². The van der Waals surface area contributed by atoms with Crippen LogP contribution in [0.2, 0.25) is 19.6 Å². The van der Waals surface area contributed by atoms with E-state index in [2.05, 4.69) is 31.1 Å². The van der Waals surface area contributed by atoms with Gasteiger partial charge < -0.3 is 4.74 Å². The summed E-state index contributed by atoms with van der Waals surface area (Å²) in [5.41, 5.74) is 4.57. The molecule has 0 saturated heterocycles. The van der Waals surface area contributed by atoms with E-state index in [0.29, 0.717) is 12.2 Å². The van der Waals surface area contributed by atoms with Gasteiger partial charge in [0.05, 0.1) is 12.2 Å². The lowest BCUT2D eigenvalue weighted by Gasteiger charge is -2.06. The Labute approximate surface area is 104 Å². The average molecular weight is 246 g/mol. The van der Waals surface area contributed by atoms with Crippen LogP contribution in [0.1, 0.15) is 22.8 Å². The molecule has 0 spiro atoms. The summed E-state index contributed by atoms with van der Waals surface area (Å²) < 4.78 is 5.01. The highest BCUT2D eigenvalue weighted by atomic mass is 28.3. The molecule has 0 amide bonds. The van der Waals surface area contributed by atoms with Crippen LogP contribution in [-0.2, 0) is 4.74 Å². The lowest BCUT2D eigenvalue weighted by molar-refractivity contribution is 0.0526. The highest BCUT2D eigenvalue weighted by Gasteiger charge is 2.11. The third-order valence-corrected chi connectivity index (χ3v) is 2.87.